The molecule has 0 radical (unpaired) electrons. The maximum atomic E-state index is 12.0. The van der Waals surface area contributed by atoms with E-state index in [0.717, 1.165) is 6.26 Å². The Morgan fingerprint density at radius 2 is 1.79 bits per heavy atom. The van der Waals surface area contributed by atoms with Gasteiger partial charge in [0.15, 0.2) is 5.78 Å². The summed E-state index contributed by atoms with van der Waals surface area (Å²) in [5, 5.41) is 2.69. The predicted molar refractivity (Wildman–Crippen MR) is 94.7 cm³/mol. The zero-order chi connectivity index (χ0) is 18.3. The number of anilines is 1. The Kier molecular flexibility index (Phi) is 7.53. The number of nitrogens with zero attached hydrogens (tertiary/aromatic N) is 2. The number of ketones is 1. The van der Waals surface area contributed by atoms with Gasteiger partial charge >= 0.3 is 0 Å². The number of carbonyl (C=O) groups is 2. The van der Waals surface area contributed by atoms with Crippen molar-refractivity contribution in [2.45, 2.75) is 13.3 Å². The summed E-state index contributed by atoms with van der Waals surface area (Å²) in [4.78, 5) is 25.3. The highest BCUT2D eigenvalue weighted by molar-refractivity contribution is 7.88. The van der Waals surface area contributed by atoms with Gasteiger partial charge in [-0.1, -0.05) is 12.1 Å². The van der Waals surface area contributed by atoms with Gasteiger partial charge in [-0.3, -0.25) is 9.59 Å². The molecule has 0 aromatic heterocycles. The van der Waals surface area contributed by atoms with Crippen LogP contribution in [0.1, 0.15) is 23.7 Å². The third-order valence-corrected chi connectivity index (χ3v) is 4.71. The molecule has 134 valence electrons. The summed E-state index contributed by atoms with van der Waals surface area (Å²) in [5.74, 6) is -0.382. The quantitative estimate of drug-likeness (QED) is 0.669. The summed E-state index contributed by atoms with van der Waals surface area (Å²) < 4.78 is 24.8. The third kappa shape index (κ3) is 7.20. The molecule has 7 nitrogen and oxygen atoms in total. The standard InChI is InChI=1S/C16H25N3O4S/c1-13(20)14-6-5-7-15(12-14)17-16(21)8-9-19(24(4,22)23)11-10-18(2)3/h5-7,12H,8-11H2,1-4H3,(H,17,21). The summed E-state index contributed by atoms with van der Waals surface area (Å²) >= 11 is 0. The van der Waals surface area contributed by atoms with Crippen LogP contribution in [-0.4, -0.2) is 69.3 Å². The molecule has 0 saturated heterocycles. The highest BCUT2D eigenvalue weighted by atomic mass is 32.2. The van der Waals surface area contributed by atoms with E-state index in [2.05, 4.69) is 5.32 Å². The van der Waals surface area contributed by atoms with Crippen LogP contribution in [0.15, 0.2) is 24.3 Å². The van der Waals surface area contributed by atoms with Gasteiger partial charge < -0.3 is 10.2 Å². The Bertz CT molecular complexity index is 686. The molecule has 1 rings (SSSR count). The Hall–Kier alpha value is -1.77. The van der Waals surface area contributed by atoms with E-state index in [-0.39, 0.29) is 24.7 Å². The molecule has 24 heavy (non-hydrogen) atoms. The van der Waals surface area contributed by atoms with Crippen molar-refractivity contribution < 1.29 is 18.0 Å². The number of sulfonamides is 1. The molecule has 0 aliphatic rings. The number of likely N-dealkylation sites (N-methyl/N-ethyl adjacent to an activating group) is 1. The second-order valence-electron chi connectivity index (χ2n) is 5.90. The Morgan fingerprint density at radius 1 is 1.12 bits per heavy atom. The maximum absolute atomic E-state index is 12.0. The van der Waals surface area contributed by atoms with Gasteiger partial charge in [-0.05, 0) is 33.2 Å². The van der Waals surface area contributed by atoms with Crippen LogP contribution in [-0.2, 0) is 14.8 Å². The van der Waals surface area contributed by atoms with Gasteiger partial charge in [-0.25, -0.2) is 12.7 Å². The van der Waals surface area contributed by atoms with E-state index in [1.54, 1.807) is 24.3 Å². The van der Waals surface area contributed by atoms with Crippen molar-refractivity contribution in [1.82, 2.24) is 9.21 Å². The fourth-order valence-corrected chi connectivity index (χ4v) is 2.86. The first-order chi connectivity index (χ1) is 11.1. The maximum Gasteiger partial charge on any atom is 0.225 e. The number of rotatable bonds is 9. The number of hydrogen-bond acceptors (Lipinski definition) is 5. The van der Waals surface area contributed by atoms with Gasteiger partial charge in [-0.2, -0.15) is 0 Å². The van der Waals surface area contributed by atoms with Gasteiger partial charge in [0.25, 0.3) is 0 Å². The number of amides is 1. The molecule has 0 fully saturated rings. The van der Waals surface area contributed by atoms with Gasteiger partial charge in [0.05, 0.1) is 6.26 Å². The Morgan fingerprint density at radius 3 is 2.33 bits per heavy atom. The summed E-state index contributed by atoms with van der Waals surface area (Å²) in [6.07, 6.45) is 1.18. The second kappa shape index (κ2) is 8.91. The summed E-state index contributed by atoms with van der Waals surface area (Å²) in [6, 6.07) is 6.64. The molecular weight excluding hydrogens is 330 g/mol. The number of Topliss-reactive ketones (excluding diaryl/α,β-unsaturated/α-hetero) is 1. The van der Waals surface area contributed by atoms with Crippen molar-refractivity contribution in [3.63, 3.8) is 0 Å². The van der Waals surface area contributed by atoms with Crippen molar-refractivity contribution in [2.75, 3.05) is 45.3 Å². The largest absolute Gasteiger partial charge is 0.326 e. The van der Waals surface area contributed by atoms with Crippen molar-refractivity contribution in [3.8, 4) is 0 Å². The van der Waals surface area contributed by atoms with Gasteiger partial charge in [0.1, 0.15) is 0 Å². The lowest BCUT2D eigenvalue weighted by Gasteiger charge is -2.21. The van der Waals surface area contributed by atoms with E-state index < -0.39 is 10.0 Å². The first-order valence-electron chi connectivity index (χ1n) is 7.60. The van der Waals surface area contributed by atoms with Crippen molar-refractivity contribution in [2.24, 2.45) is 0 Å². The van der Waals surface area contributed by atoms with E-state index in [4.69, 9.17) is 0 Å². The van der Waals surface area contributed by atoms with Crippen LogP contribution < -0.4 is 5.32 Å². The summed E-state index contributed by atoms with van der Waals surface area (Å²) in [6.45, 7) is 2.48. The lowest BCUT2D eigenvalue weighted by atomic mass is 10.1. The average molecular weight is 355 g/mol. The topological polar surface area (TPSA) is 86.8 Å². The fourth-order valence-electron chi connectivity index (χ4n) is 2.02. The zero-order valence-corrected chi connectivity index (χ0v) is 15.4. The van der Waals surface area contributed by atoms with Crippen LogP contribution >= 0.6 is 0 Å². The smallest absolute Gasteiger partial charge is 0.225 e. The van der Waals surface area contributed by atoms with Crippen molar-refractivity contribution >= 4 is 27.4 Å². The summed E-state index contributed by atoms with van der Waals surface area (Å²) in [5.41, 5.74) is 1.03. The number of benzene rings is 1. The average Bonchev–Trinajstić information content (AvgIpc) is 2.45. The first-order valence-corrected chi connectivity index (χ1v) is 9.45. The summed E-state index contributed by atoms with van der Waals surface area (Å²) in [7, 11) is 0.348. The van der Waals surface area contributed by atoms with Crippen LogP contribution in [0.25, 0.3) is 0 Å². The zero-order valence-electron chi connectivity index (χ0n) is 14.6. The van der Waals surface area contributed by atoms with Gasteiger partial charge in [-0.15, -0.1) is 0 Å². The lowest BCUT2D eigenvalue weighted by Crippen LogP contribution is -2.37. The predicted octanol–water partition coefficient (Wildman–Crippen LogP) is 1.04. The number of nitrogens with one attached hydrogen (secondary N) is 1. The van der Waals surface area contributed by atoms with Crippen molar-refractivity contribution in [3.05, 3.63) is 29.8 Å². The fraction of sp³-hybridized carbons (Fsp3) is 0.500. The molecule has 1 aromatic carbocycles. The molecule has 0 atom stereocenters. The van der Waals surface area contributed by atoms with Crippen LogP contribution in [0.2, 0.25) is 0 Å². The van der Waals surface area contributed by atoms with E-state index >= 15 is 0 Å². The Balaban J connectivity index is 2.63. The number of carbonyl (C=O) groups excluding carboxylic acids is 2. The molecule has 8 heteroatoms. The van der Waals surface area contributed by atoms with E-state index in [1.807, 2.05) is 19.0 Å². The van der Waals surface area contributed by atoms with Crippen LogP contribution in [0.5, 0.6) is 0 Å². The van der Waals surface area contributed by atoms with Crippen LogP contribution in [0, 0.1) is 0 Å². The molecule has 0 saturated carbocycles. The highest BCUT2D eigenvalue weighted by Crippen LogP contribution is 2.12. The van der Waals surface area contributed by atoms with Crippen LogP contribution in [0.3, 0.4) is 0 Å². The molecule has 0 heterocycles. The van der Waals surface area contributed by atoms with Crippen molar-refractivity contribution in [1.29, 1.82) is 0 Å². The minimum atomic E-state index is -3.37. The number of hydrogen-bond donors (Lipinski definition) is 1. The molecule has 1 N–H and O–H groups in total. The molecule has 0 spiro atoms. The minimum absolute atomic E-state index is 0.0464. The molecule has 0 unspecified atom stereocenters. The highest BCUT2D eigenvalue weighted by Gasteiger charge is 2.18. The van der Waals surface area contributed by atoms with E-state index in [9.17, 15) is 18.0 Å². The lowest BCUT2D eigenvalue weighted by molar-refractivity contribution is -0.116. The Labute approximate surface area is 143 Å². The molecule has 0 bridgehead atoms. The molecule has 1 amide bonds. The van der Waals surface area contributed by atoms with E-state index in [1.165, 1.54) is 11.2 Å². The molecule has 0 aliphatic heterocycles. The molecular formula is C16H25N3O4S. The van der Waals surface area contributed by atoms with Gasteiger partial charge in [0, 0.05) is 37.3 Å². The molecule has 1 aromatic rings. The van der Waals surface area contributed by atoms with Gasteiger partial charge in [0.2, 0.25) is 15.9 Å². The van der Waals surface area contributed by atoms with E-state index in [0.29, 0.717) is 24.3 Å². The first kappa shape index (κ1) is 20.3. The SMILES string of the molecule is CC(=O)c1cccc(NC(=O)CCN(CCN(C)C)S(C)(=O)=O)c1. The molecule has 0 aliphatic carbocycles. The third-order valence-electron chi connectivity index (χ3n) is 3.41. The monoisotopic (exact) mass is 355 g/mol. The van der Waals surface area contributed by atoms with Crippen LogP contribution in [0.4, 0.5) is 5.69 Å². The minimum Gasteiger partial charge on any atom is -0.326 e. The second-order valence-corrected chi connectivity index (χ2v) is 7.88. The normalized spacial score (nSPS) is 11.8.